The molecular weight excluding hydrogens is 332 g/mol. The molecule has 1 aliphatic heterocycles. The SMILES string of the molecule is COCC(C)NC(=O)CN1CCN(CC(=O)NCc2ccccc2)CC1. The van der Waals surface area contributed by atoms with E-state index in [0.29, 0.717) is 26.2 Å². The normalized spacial score (nSPS) is 16.8. The van der Waals surface area contributed by atoms with Gasteiger partial charge in [-0.3, -0.25) is 19.4 Å². The fourth-order valence-corrected chi connectivity index (χ4v) is 2.98. The molecule has 0 aromatic heterocycles. The van der Waals surface area contributed by atoms with Gasteiger partial charge < -0.3 is 15.4 Å². The van der Waals surface area contributed by atoms with Crippen LogP contribution in [-0.4, -0.2) is 80.6 Å². The Morgan fingerprint density at radius 2 is 1.62 bits per heavy atom. The maximum absolute atomic E-state index is 12.1. The summed E-state index contributed by atoms with van der Waals surface area (Å²) in [6, 6.07) is 9.90. The summed E-state index contributed by atoms with van der Waals surface area (Å²) < 4.78 is 5.02. The first kappa shape index (κ1) is 20.4. The van der Waals surface area contributed by atoms with Gasteiger partial charge in [0.25, 0.3) is 0 Å². The molecule has 1 unspecified atom stereocenters. The van der Waals surface area contributed by atoms with Crippen LogP contribution >= 0.6 is 0 Å². The first-order chi connectivity index (χ1) is 12.6. The summed E-state index contributed by atoms with van der Waals surface area (Å²) in [5.41, 5.74) is 1.10. The number of ether oxygens (including phenoxy) is 1. The van der Waals surface area contributed by atoms with Gasteiger partial charge in [-0.2, -0.15) is 0 Å². The van der Waals surface area contributed by atoms with E-state index in [1.165, 1.54) is 0 Å². The first-order valence-corrected chi connectivity index (χ1v) is 9.10. The number of rotatable bonds is 9. The van der Waals surface area contributed by atoms with Crippen molar-refractivity contribution in [1.29, 1.82) is 0 Å². The maximum Gasteiger partial charge on any atom is 0.234 e. The van der Waals surface area contributed by atoms with E-state index in [4.69, 9.17) is 4.74 Å². The number of hydrogen-bond acceptors (Lipinski definition) is 5. The third-order valence-corrected chi connectivity index (χ3v) is 4.36. The number of carbonyl (C=O) groups excluding carboxylic acids is 2. The highest BCUT2D eigenvalue weighted by atomic mass is 16.5. The van der Waals surface area contributed by atoms with E-state index in [-0.39, 0.29) is 17.9 Å². The number of benzene rings is 1. The average Bonchev–Trinajstić information content (AvgIpc) is 2.62. The molecule has 0 aliphatic carbocycles. The second-order valence-electron chi connectivity index (χ2n) is 6.74. The van der Waals surface area contributed by atoms with Crippen molar-refractivity contribution < 1.29 is 14.3 Å². The molecule has 26 heavy (non-hydrogen) atoms. The van der Waals surface area contributed by atoms with Crippen LogP contribution in [0.25, 0.3) is 0 Å². The van der Waals surface area contributed by atoms with Crippen molar-refractivity contribution in [2.45, 2.75) is 19.5 Å². The minimum absolute atomic E-state index is 0.0158. The van der Waals surface area contributed by atoms with Gasteiger partial charge in [0.05, 0.1) is 19.7 Å². The fourth-order valence-electron chi connectivity index (χ4n) is 2.98. The molecule has 1 aromatic carbocycles. The van der Waals surface area contributed by atoms with Crippen molar-refractivity contribution in [2.24, 2.45) is 0 Å². The smallest absolute Gasteiger partial charge is 0.234 e. The molecule has 2 N–H and O–H groups in total. The molecule has 1 aromatic rings. The number of piperazine rings is 1. The minimum atomic E-state index is 0.0158. The standard InChI is InChI=1S/C19H30N4O3/c1-16(15-26-2)21-19(25)14-23-10-8-22(9-11-23)13-18(24)20-12-17-6-4-3-5-7-17/h3-7,16H,8-15H2,1-2H3,(H,20,24)(H,21,25). The van der Waals surface area contributed by atoms with Crippen molar-refractivity contribution in [1.82, 2.24) is 20.4 Å². The van der Waals surface area contributed by atoms with E-state index in [2.05, 4.69) is 20.4 Å². The van der Waals surface area contributed by atoms with Crippen LogP contribution < -0.4 is 10.6 Å². The van der Waals surface area contributed by atoms with Crippen LogP contribution in [0.2, 0.25) is 0 Å². The highest BCUT2D eigenvalue weighted by Crippen LogP contribution is 2.02. The van der Waals surface area contributed by atoms with Crippen molar-refractivity contribution in [3.63, 3.8) is 0 Å². The van der Waals surface area contributed by atoms with E-state index in [0.717, 1.165) is 31.7 Å². The first-order valence-electron chi connectivity index (χ1n) is 9.10. The summed E-state index contributed by atoms with van der Waals surface area (Å²) >= 11 is 0. The van der Waals surface area contributed by atoms with Crippen molar-refractivity contribution in [2.75, 3.05) is 53.0 Å². The van der Waals surface area contributed by atoms with E-state index < -0.39 is 0 Å². The minimum Gasteiger partial charge on any atom is -0.383 e. The Labute approximate surface area is 155 Å². The van der Waals surface area contributed by atoms with Gasteiger partial charge in [0.15, 0.2) is 0 Å². The van der Waals surface area contributed by atoms with Crippen LogP contribution in [0.1, 0.15) is 12.5 Å². The summed E-state index contributed by atoms with van der Waals surface area (Å²) in [7, 11) is 1.62. The van der Waals surface area contributed by atoms with Crippen molar-refractivity contribution in [3.05, 3.63) is 35.9 Å². The predicted octanol–water partition coefficient (Wildman–Crippen LogP) is 0.0715. The van der Waals surface area contributed by atoms with Gasteiger partial charge in [0.1, 0.15) is 0 Å². The van der Waals surface area contributed by atoms with Crippen LogP contribution in [0, 0.1) is 0 Å². The zero-order valence-corrected chi connectivity index (χ0v) is 15.7. The summed E-state index contributed by atoms with van der Waals surface area (Å²) in [6.45, 7) is 6.94. The molecule has 7 heteroatoms. The topological polar surface area (TPSA) is 73.9 Å². The lowest BCUT2D eigenvalue weighted by Crippen LogP contribution is -2.52. The summed E-state index contributed by atoms with van der Waals surface area (Å²) in [5, 5.41) is 5.87. The van der Waals surface area contributed by atoms with Crippen LogP contribution in [0.15, 0.2) is 30.3 Å². The Kier molecular flexibility index (Phi) is 8.53. The van der Waals surface area contributed by atoms with Crippen LogP contribution in [0.3, 0.4) is 0 Å². The molecule has 0 saturated carbocycles. The third kappa shape index (κ3) is 7.51. The Balaban J connectivity index is 1.62. The molecule has 2 amide bonds. The lowest BCUT2D eigenvalue weighted by molar-refractivity contribution is -0.125. The number of carbonyl (C=O) groups is 2. The Hall–Kier alpha value is -1.96. The molecule has 1 atom stereocenters. The molecule has 2 rings (SSSR count). The van der Waals surface area contributed by atoms with Crippen LogP contribution in [0.5, 0.6) is 0 Å². The molecule has 144 valence electrons. The van der Waals surface area contributed by atoms with Gasteiger partial charge in [-0.15, -0.1) is 0 Å². The molecule has 0 bridgehead atoms. The maximum atomic E-state index is 12.1. The fraction of sp³-hybridized carbons (Fsp3) is 0.579. The number of nitrogens with one attached hydrogen (secondary N) is 2. The quantitative estimate of drug-likeness (QED) is 0.650. The van der Waals surface area contributed by atoms with E-state index in [9.17, 15) is 9.59 Å². The van der Waals surface area contributed by atoms with Crippen molar-refractivity contribution in [3.8, 4) is 0 Å². The highest BCUT2D eigenvalue weighted by Gasteiger charge is 2.21. The molecule has 7 nitrogen and oxygen atoms in total. The van der Waals surface area contributed by atoms with E-state index in [1.807, 2.05) is 37.3 Å². The van der Waals surface area contributed by atoms with Gasteiger partial charge >= 0.3 is 0 Å². The Morgan fingerprint density at radius 3 is 2.19 bits per heavy atom. The second kappa shape index (κ2) is 10.9. The number of nitrogens with zero attached hydrogens (tertiary/aromatic N) is 2. The second-order valence-corrected chi connectivity index (χ2v) is 6.74. The van der Waals surface area contributed by atoms with Gasteiger partial charge in [0.2, 0.25) is 11.8 Å². The predicted molar refractivity (Wildman–Crippen MR) is 101 cm³/mol. The number of methoxy groups -OCH3 is 1. The van der Waals surface area contributed by atoms with Gasteiger partial charge in [-0.1, -0.05) is 30.3 Å². The summed E-state index contributed by atoms with van der Waals surface area (Å²) in [6.07, 6.45) is 0. The van der Waals surface area contributed by atoms with Crippen molar-refractivity contribution >= 4 is 11.8 Å². The number of hydrogen-bond donors (Lipinski definition) is 2. The summed E-state index contributed by atoms with van der Waals surface area (Å²) in [5.74, 6) is 0.0528. The monoisotopic (exact) mass is 362 g/mol. The van der Waals surface area contributed by atoms with Gasteiger partial charge in [-0.05, 0) is 12.5 Å². The molecule has 1 heterocycles. The lowest BCUT2D eigenvalue weighted by atomic mass is 10.2. The summed E-state index contributed by atoms with van der Waals surface area (Å²) in [4.78, 5) is 28.3. The molecule has 1 saturated heterocycles. The molecule has 0 radical (unpaired) electrons. The zero-order chi connectivity index (χ0) is 18.8. The molecular formula is C19H30N4O3. The Morgan fingerprint density at radius 1 is 1.04 bits per heavy atom. The van der Waals surface area contributed by atoms with Gasteiger partial charge in [0, 0.05) is 45.9 Å². The van der Waals surface area contributed by atoms with Crippen LogP contribution in [-0.2, 0) is 20.9 Å². The number of amides is 2. The molecule has 1 fully saturated rings. The molecule has 0 spiro atoms. The van der Waals surface area contributed by atoms with Gasteiger partial charge in [-0.25, -0.2) is 0 Å². The van der Waals surface area contributed by atoms with Crippen LogP contribution in [0.4, 0.5) is 0 Å². The van der Waals surface area contributed by atoms with E-state index >= 15 is 0 Å². The third-order valence-electron chi connectivity index (χ3n) is 4.36. The van der Waals surface area contributed by atoms with E-state index in [1.54, 1.807) is 7.11 Å². The average molecular weight is 362 g/mol. The lowest BCUT2D eigenvalue weighted by Gasteiger charge is -2.34. The molecule has 1 aliphatic rings. The largest absolute Gasteiger partial charge is 0.383 e. The highest BCUT2D eigenvalue weighted by molar-refractivity contribution is 5.78. The zero-order valence-electron chi connectivity index (χ0n) is 15.7. The Bertz CT molecular complexity index is 559.